The number of hydrogen-bond acceptors (Lipinski definition) is 6. The Kier molecular flexibility index (Phi) is 6.18. The topological polar surface area (TPSA) is 91.9 Å². The average molecular weight is 422 g/mol. The number of aromatic nitrogens is 1. The van der Waals surface area contributed by atoms with Crippen LogP contribution in [0, 0.1) is 13.8 Å². The molecule has 1 aromatic carbocycles. The van der Waals surface area contributed by atoms with Crippen molar-refractivity contribution in [1.29, 1.82) is 0 Å². The first-order valence-corrected chi connectivity index (χ1v) is 11.0. The number of carbonyl (C=O) groups excluding carboxylic acids is 1. The third kappa shape index (κ3) is 4.11. The van der Waals surface area contributed by atoms with E-state index in [1.807, 2.05) is 24.3 Å². The maximum atomic E-state index is 13.3. The summed E-state index contributed by atoms with van der Waals surface area (Å²) < 4.78 is 38.4. The van der Waals surface area contributed by atoms with E-state index in [1.54, 1.807) is 27.9 Å². The summed E-state index contributed by atoms with van der Waals surface area (Å²) in [6, 6.07) is 7.69. The molecule has 1 saturated heterocycles. The molecule has 0 amide bonds. The Labute approximate surface area is 171 Å². The number of nitrogens with one attached hydrogen (secondary N) is 1. The second-order valence-electron chi connectivity index (χ2n) is 6.89. The minimum Gasteiger partial charge on any atom is -0.497 e. The number of H-pyrrole nitrogens is 1. The number of anilines is 1. The Morgan fingerprint density at radius 2 is 1.69 bits per heavy atom. The predicted octanol–water partition coefficient (Wildman–Crippen LogP) is 2.33. The van der Waals surface area contributed by atoms with Crippen molar-refractivity contribution in [2.75, 3.05) is 44.8 Å². The third-order valence-electron chi connectivity index (χ3n) is 5.07. The van der Waals surface area contributed by atoms with Gasteiger partial charge >= 0.3 is 5.97 Å². The number of sulfonamides is 1. The van der Waals surface area contributed by atoms with Crippen molar-refractivity contribution >= 4 is 21.7 Å². The lowest BCUT2D eigenvalue weighted by molar-refractivity contribution is 0.0521. The van der Waals surface area contributed by atoms with Gasteiger partial charge in [0.2, 0.25) is 10.0 Å². The summed E-state index contributed by atoms with van der Waals surface area (Å²) in [7, 11) is -2.21. The first-order chi connectivity index (χ1) is 13.8. The van der Waals surface area contributed by atoms with Gasteiger partial charge in [0.05, 0.1) is 13.7 Å². The van der Waals surface area contributed by atoms with Crippen LogP contribution in [0.15, 0.2) is 29.2 Å². The smallest absolute Gasteiger partial charge is 0.341 e. The summed E-state index contributed by atoms with van der Waals surface area (Å²) >= 11 is 0. The number of esters is 1. The van der Waals surface area contributed by atoms with Crippen molar-refractivity contribution < 1.29 is 22.7 Å². The molecule has 1 aliphatic rings. The molecule has 0 unspecified atom stereocenters. The van der Waals surface area contributed by atoms with Gasteiger partial charge in [0, 0.05) is 43.3 Å². The number of benzene rings is 1. The largest absolute Gasteiger partial charge is 0.497 e. The van der Waals surface area contributed by atoms with Crippen LogP contribution in [-0.2, 0) is 14.8 Å². The lowest BCUT2D eigenvalue weighted by Gasteiger charge is -2.35. The highest BCUT2D eigenvalue weighted by Gasteiger charge is 2.35. The number of aromatic amines is 1. The molecule has 1 aromatic heterocycles. The second-order valence-corrected chi connectivity index (χ2v) is 8.76. The summed E-state index contributed by atoms with van der Waals surface area (Å²) in [5.74, 6) is 0.157. The molecule has 2 aromatic rings. The molecular formula is C20H27N3O5S. The highest BCUT2D eigenvalue weighted by Crippen LogP contribution is 2.29. The van der Waals surface area contributed by atoms with Gasteiger partial charge in [0.1, 0.15) is 16.2 Å². The summed E-state index contributed by atoms with van der Waals surface area (Å²) in [6.07, 6.45) is 0. The maximum Gasteiger partial charge on any atom is 0.341 e. The Bertz CT molecular complexity index is 974. The average Bonchev–Trinajstić information content (AvgIpc) is 3.03. The van der Waals surface area contributed by atoms with Crippen molar-refractivity contribution in [2.45, 2.75) is 25.7 Å². The van der Waals surface area contributed by atoms with Gasteiger partial charge in [0.15, 0.2) is 0 Å². The number of piperazine rings is 1. The Balaban J connectivity index is 1.81. The summed E-state index contributed by atoms with van der Waals surface area (Å²) in [5, 5.41) is 0. The Hall–Kier alpha value is -2.52. The van der Waals surface area contributed by atoms with E-state index in [0.29, 0.717) is 37.6 Å². The van der Waals surface area contributed by atoms with Crippen molar-refractivity contribution in [1.82, 2.24) is 9.29 Å². The fourth-order valence-corrected chi connectivity index (χ4v) is 5.47. The number of methoxy groups -OCH3 is 1. The molecule has 9 heteroatoms. The second kappa shape index (κ2) is 8.46. The molecule has 158 valence electrons. The number of hydrogen-bond donors (Lipinski definition) is 1. The number of nitrogens with zero attached hydrogens (tertiary/aromatic N) is 2. The van der Waals surface area contributed by atoms with Gasteiger partial charge in [-0.15, -0.1) is 0 Å². The highest BCUT2D eigenvalue weighted by molar-refractivity contribution is 7.89. The van der Waals surface area contributed by atoms with E-state index in [1.165, 1.54) is 4.31 Å². The van der Waals surface area contributed by atoms with Crippen LogP contribution in [0.25, 0.3) is 0 Å². The zero-order valence-corrected chi connectivity index (χ0v) is 18.0. The van der Waals surface area contributed by atoms with Crippen molar-refractivity contribution in [3.63, 3.8) is 0 Å². The van der Waals surface area contributed by atoms with Gasteiger partial charge in [-0.25, -0.2) is 13.2 Å². The van der Waals surface area contributed by atoms with Crippen molar-refractivity contribution in [3.8, 4) is 5.75 Å². The lowest BCUT2D eigenvalue weighted by Crippen LogP contribution is -2.49. The minimum atomic E-state index is -3.83. The maximum absolute atomic E-state index is 13.3. The van der Waals surface area contributed by atoms with Crippen LogP contribution in [0.2, 0.25) is 0 Å². The molecule has 0 bridgehead atoms. The van der Waals surface area contributed by atoms with E-state index in [4.69, 9.17) is 9.47 Å². The van der Waals surface area contributed by atoms with Gasteiger partial charge in [-0.2, -0.15) is 4.31 Å². The van der Waals surface area contributed by atoms with E-state index in [-0.39, 0.29) is 17.1 Å². The van der Waals surface area contributed by atoms with Crippen LogP contribution in [-0.4, -0.2) is 63.6 Å². The van der Waals surface area contributed by atoms with Gasteiger partial charge in [-0.05, 0) is 45.0 Å². The highest BCUT2D eigenvalue weighted by atomic mass is 32.2. The standard InChI is InChI=1S/C20H27N3O5S/c1-5-28-20(24)18-14(2)21-15(3)19(18)29(25,26)23-12-10-22(11-13-23)16-6-8-17(27-4)9-7-16/h6-9,21H,5,10-13H2,1-4H3. The Morgan fingerprint density at radius 1 is 1.07 bits per heavy atom. The van der Waals surface area contributed by atoms with Gasteiger partial charge in [-0.1, -0.05) is 0 Å². The molecule has 0 saturated carbocycles. The third-order valence-corrected chi connectivity index (χ3v) is 7.14. The van der Waals surface area contributed by atoms with E-state index >= 15 is 0 Å². The Morgan fingerprint density at radius 3 is 2.24 bits per heavy atom. The molecule has 0 spiro atoms. The molecule has 0 radical (unpaired) electrons. The molecular weight excluding hydrogens is 394 g/mol. The fourth-order valence-electron chi connectivity index (χ4n) is 3.64. The molecule has 0 aliphatic carbocycles. The lowest BCUT2D eigenvalue weighted by atomic mass is 10.2. The minimum absolute atomic E-state index is 0.0198. The summed E-state index contributed by atoms with van der Waals surface area (Å²) in [4.78, 5) is 17.5. The quantitative estimate of drug-likeness (QED) is 0.720. The fraction of sp³-hybridized carbons (Fsp3) is 0.450. The number of carbonyl (C=O) groups is 1. The van der Waals surface area contributed by atoms with Gasteiger partial charge in [0.25, 0.3) is 0 Å². The summed E-state index contributed by atoms with van der Waals surface area (Å²) in [5.41, 5.74) is 2.06. The van der Waals surface area contributed by atoms with Crippen LogP contribution < -0.4 is 9.64 Å². The zero-order valence-electron chi connectivity index (χ0n) is 17.2. The molecule has 1 fully saturated rings. The van der Waals surface area contributed by atoms with E-state index in [9.17, 15) is 13.2 Å². The van der Waals surface area contributed by atoms with E-state index in [0.717, 1.165) is 11.4 Å². The SMILES string of the molecule is CCOC(=O)c1c(C)[nH]c(C)c1S(=O)(=O)N1CCN(c2ccc(OC)cc2)CC1. The van der Waals surface area contributed by atoms with Crippen LogP contribution in [0.3, 0.4) is 0 Å². The summed E-state index contributed by atoms with van der Waals surface area (Å²) in [6.45, 7) is 7.00. The van der Waals surface area contributed by atoms with Crippen LogP contribution in [0.1, 0.15) is 28.7 Å². The van der Waals surface area contributed by atoms with Crippen molar-refractivity contribution in [2.24, 2.45) is 0 Å². The number of ether oxygens (including phenoxy) is 2. The molecule has 29 heavy (non-hydrogen) atoms. The molecule has 2 heterocycles. The van der Waals surface area contributed by atoms with Gasteiger partial charge < -0.3 is 19.4 Å². The predicted molar refractivity (Wildman–Crippen MR) is 110 cm³/mol. The monoisotopic (exact) mass is 421 g/mol. The van der Waals surface area contributed by atoms with E-state index < -0.39 is 16.0 Å². The molecule has 3 rings (SSSR count). The number of aryl methyl sites for hydroxylation is 2. The van der Waals surface area contributed by atoms with Crippen LogP contribution in [0.4, 0.5) is 5.69 Å². The van der Waals surface area contributed by atoms with Gasteiger partial charge in [-0.3, -0.25) is 0 Å². The van der Waals surface area contributed by atoms with Crippen LogP contribution >= 0.6 is 0 Å². The van der Waals surface area contributed by atoms with Crippen molar-refractivity contribution in [3.05, 3.63) is 41.2 Å². The molecule has 8 nitrogen and oxygen atoms in total. The molecule has 1 aliphatic heterocycles. The molecule has 0 atom stereocenters. The van der Waals surface area contributed by atoms with E-state index in [2.05, 4.69) is 9.88 Å². The van der Waals surface area contributed by atoms with Crippen LogP contribution in [0.5, 0.6) is 5.75 Å². The number of rotatable bonds is 6. The first-order valence-electron chi connectivity index (χ1n) is 9.55. The zero-order chi connectivity index (χ0) is 21.2. The first kappa shape index (κ1) is 21.2. The molecule has 1 N–H and O–H groups in total. The normalized spacial score (nSPS) is 15.4.